The average Bonchev–Trinajstić information content (AvgIpc) is 3.00. The van der Waals surface area contributed by atoms with E-state index in [4.69, 9.17) is 18.9 Å². The Labute approximate surface area is 159 Å². The van der Waals surface area contributed by atoms with Crippen LogP contribution in [0.3, 0.4) is 0 Å². The molecule has 0 saturated carbocycles. The summed E-state index contributed by atoms with van der Waals surface area (Å²) in [6.07, 6.45) is -3.63. The summed E-state index contributed by atoms with van der Waals surface area (Å²) < 4.78 is 22.8. The number of esters is 3. The van der Waals surface area contributed by atoms with Crippen LogP contribution in [0.25, 0.3) is 10.2 Å². The van der Waals surface area contributed by atoms with E-state index >= 15 is 0 Å². The highest BCUT2D eigenvalue weighted by Gasteiger charge is 2.48. The largest absolute Gasteiger partial charge is 0.456 e. The van der Waals surface area contributed by atoms with Gasteiger partial charge in [-0.25, -0.2) is 4.98 Å². The topological polar surface area (TPSA) is 101 Å². The van der Waals surface area contributed by atoms with Crippen LogP contribution in [0.4, 0.5) is 0 Å². The summed E-state index contributed by atoms with van der Waals surface area (Å²) >= 11 is 1.40. The lowest BCUT2D eigenvalue weighted by Gasteiger charge is -2.39. The van der Waals surface area contributed by atoms with Crippen molar-refractivity contribution < 1.29 is 33.3 Å². The van der Waals surface area contributed by atoms with E-state index in [0.717, 1.165) is 10.2 Å². The Bertz CT molecular complexity index is 831. The number of nitrogens with zero attached hydrogens (tertiary/aromatic N) is 1. The number of ether oxygens (including phenoxy) is 4. The van der Waals surface area contributed by atoms with Gasteiger partial charge in [0.1, 0.15) is 11.1 Å². The third kappa shape index (κ3) is 4.42. The number of benzene rings is 1. The van der Waals surface area contributed by atoms with Gasteiger partial charge in [0.2, 0.25) is 0 Å². The number of aromatic nitrogens is 1. The van der Waals surface area contributed by atoms with Crippen LogP contribution in [0.5, 0.6) is 0 Å². The summed E-state index contributed by atoms with van der Waals surface area (Å²) in [5.41, 5.74) is 0.786. The molecule has 0 spiro atoms. The van der Waals surface area contributed by atoms with Crippen LogP contribution in [0.1, 0.15) is 31.9 Å². The second-order valence-electron chi connectivity index (χ2n) is 6.07. The van der Waals surface area contributed by atoms with Crippen LogP contribution >= 0.6 is 11.3 Å². The Morgan fingerprint density at radius 2 is 1.63 bits per heavy atom. The zero-order chi connectivity index (χ0) is 19.6. The second-order valence-corrected chi connectivity index (χ2v) is 7.13. The van der Waals surface area contributed by atoms with Crippen LogP contribution < -0.4 is 0 Å². The van der Waals surface area contributed by atoms with Crippen LogP contribution in [0.15, 0.2) is 24.3 Å². The summed E-state index contributed by atoms with van der Waals surface area (Å²) in [4.78, 5) is 39.2. The average molecular weight is 393 g/mol. The number of hydrogen-bond donors (Lipinski definition) is 0. The molecule has 0 bridgehead atoms. The minimum atomic E-state index is -0.999. The molecule has 2 heterocycles. The Balaban J connectivity index is 1.97. The van der Waals surface area contributed by atoms with E-state index in [1.54, 1.807) is 0 Å². The molecule has 0 aliphatic carbocycles. The zero-order valence-corrected chi connectivity index (χ0v) is 15.9. The lowest BCUT2D eigenvalue weighted by atomic mass is 9.99. The summed E-state index contributed by atoms with van der Waals surface area (Å²) in [6.45, 7) is 3.70. The summed E-state index contributed by atoms with van der Waals surface area (Å²) in [5, 5.41) is 0.584. The van der Waals surface area contributed by atoms with Crippen molar-refractivity contribution in [3.63, 3.8) is 0 Å². The van der Waals surface area contributed by atoms with E-state index in [-0.39, 0.29) is 6.61 Å². The molecule has 27 heavy (non-hydrogen) atoms. The molecule has 1 aliphatic heterocycles. The van der Waals surface area contributed by atoms with Gasteiger partial charge in [0.25, 0.3) is 0 Å². The van der Waals surface area contributed by atoms with Crippen molar-refractivity contribution in [2.24, 2.45) is 0 Å². The number of thiazole rings is 1. The van der Waals surface area contributed by atoms with Crippen molar-refractivity contribution in [1.82, 2.24) is 4.98 Å². The van der Waals surface area contributed by atoms with E-state index < -0.39 is 42.3 Å². The van der Waals surface area contributed by atoms with Gasteiger partial charge in [0.15, 0.2) is 18.3 Å². The Kier molecular flexibility index (Phi) is 5.71. The quantitative estimate of drug-likeness (QED) is 0.575. The van der Waals surface area contributed by atoms with Gasteiger partial charge in [0, 0.05) is 20.8 Å². The smallest absolute Gasteiger partial charge is 0.303 e. The predicted molar refractivity (Wildman–Crippen MR) is 95.0 cm³/mol. The van der Waals surface area contributed by atoms with Crippen molar-refractivity contribution in [1.29, 1.82) is 0 Å². The molecule has 9 heteroatoms. The first kappa shape index (κ1) is 19.2. The van der Waals surface area contributed by atoms with Gasteiger partial charge < -0.3 is 18.9 Å². The molecule has 1 aliphatic rings. The SMILES string of the molecule is CC(=O)OC1COC(c2nc3ccccc3s2)C(OC(C)=O)C1OC(C)=O. The molecule has 2 aromatic rings. The molecule has 144 valence electrons. The van der Waals surface area contributed by atoms with Gasteiger partial charge in [-0.3, -0.25) is 14.4 Å². The van der Waals surface area contributed by atoms with E-state index in [2.05, 4.69) is 4.98 Å². The Morgan fingerprint density at radius 3 is 2.26 bits per heavy atom. The lowest BCUT2D eigenvalue weighted by molar-refractivity contribution is -0.227. The predicted octanol–water partition coefficient (Wildman–Crippen LogP) is 2.16. The van der Waals surface area contributed by atoms with Gasteiger partial charge in [-0.2, -0.15) is 0 Å². The highest BCUT2D eigenvalue weighted by Crippen LogP contribution is 2.37. The molecule has 1 aromatic carbocycles. The van der Waals surface area contributed by atoms with Crippen molar-refractivity contribution >= 4 is 39.5 Å². The third-order valence-corrected chi connectivity index (χ3v) is 5.00. The molecule has 4 unspecified atom stereocenters. The minimum Gasteiger partial charge on any atom is -0.456 e. The molecule has 1 saturated heterocycles. The van der Waals surface area contributed by atoms with Crippen molar-refractivity contribution in [2.45, 2.75) is 45.2 Å². The number of rotatable bonds is 4. The highest BCUT2D eigenvalue weighted by atomic mass is 32.1. The number of carbonyl (C=O) groups excluding carboxylic acids is 3. The molecular formula is C18H19NO7S. The maximum atomic E-state index is 11.7. The number of fused-ring (bicyclic) bond motifs is 1. The first-order valence-corrected chi connectivity index (χ1v) is 9.15. The highest BCUT2D eigenvalue weighted by molar-refractivity contribution is 7.18. The van der Waals surface area contributed by atoms with Gasteiger partial charge in [-0.1, -0.05) is 12.1 Å². The van der Waals surface area contributed by atoms with Gasteiger partial charge >= 0.3 is 17.9 Å². The molecule has 1 aromatic heterocycles. The molecule has 3 rings (SSSR count). The van der Waals surface area contributed by atoms with E-state index in [9.17, 15) is 14.4 Å². The minimum absolute atomic E-state index is 0.0180. The molecule has 0 N–H and O–H groups in total. The van der Waals surface area contributed by atoms with Crippen molar-refractivity contribution in [3.8, 4) is 0 Å². The number of hydrogen-bond acceptors (Lipinski definition) is 9. The zero-order valence-electron chi connectivity index (χ0n) is 15.0. The van der Waals surface area contributed by atoms with Gasteiger partial charge in [0.05, 0.1) is 16.8 Å². The molecule has 4 atom stereocenters. The second kappa shape index (κ2) is 8.01. The maximum Gasteiger partial charge on any atom is 0.303 e. The first-order chi connectivity index (χ1) is 12.8. The van der Waals surface area contributed by atoms with E-state index in [1.807, 2.05) is 24.3 Å². The van der Waals surface area contributed by atoms with Crippen LogP contribution in [-0.2, 0) is 33.3 Å². The Morgan fingerprint density at radius 1 is 1.00 bits per heavy atom. The normalized spacial score (nSPS) is 25.0. The van der Waals surface area contributed by atoms with Crippen molar-refractivity contribution in [2.75, 3.05) is 6.61 Å². The summed E-state index contributed by atoms with van der Waals surface area (Å²) in [5.74, 6) is -1.71. The fraction of sp³-hybridized carbons (Fsp3) is 0.444. The Hall–Kier alpha value is -2.52. The molecule has 0 amide bonds. The molecular weight excluding hydrogens is 374 g/mol. The molecule has 1 fully saturated rings. The van der Waals surface area contributed by atoms with E-state index in [0.29, 0.717) is 5.01 Å². The third-order valence-electron chi connectivity index (χ3n) is 3.90. The van der Waals surface area contributed by atoms with Crippen LogP contribution in [-0.4, -0.2) is 47.8 Å². The summed E-state index contributed by atoms with van der Waals surface area (Å²) in [6, 6.07) is 7.55. The fourth-order valence-corrected chi connectivity index (χ4v) is 4.02. The maximum absolute atomic E-state index is 11.7. The number of carbonyl (C=O) groups is 3. The lowest BCUT2D eigenvalue weighted by Crippen LogP contribution is -2.54. The van der Waals surface area contributed by atoms with E-state index in [1.165, 1.54) is 32.1 Å². The molecule has 8 nitrogen and oxygen atoms in total. The van der Waals surface area contributed by atoms with Crippen LogP contribution in [0.2, 0.25) is 0 Å². The van der Waals surface area contributed by atoms with Gasteiger partial charge in [-0.15, -0.1) is 11.3 Å². The number of para-hydroxylation sites is 1. The summed E-state index contributed by atoms with van der Waals surface area (Å²) in [7, 11) is 0. The standard InChI is InChI=1S/C18H19NO7S/c1-9(20)24-13-8-23-17(16(26-11(3)22)15(13)25-10(2)21)18-19-12-6-4-5-7-14(12)27-18/h4-7,13,15-17H,8H2,1-3H3. The van der Waals surface area contributed by atoms with Gasteiger partial charge in [-0.05, 0) is 12.1 Å². The van der Waals surface area contributed by atoms with Crippen LogP contribution in [0, 0.1) is 0 Å². The van der Waals surface area contributed by atoms with Crippen molar-refractivity contribution in [3.05, 3.63) is 29.3 Å². The first-order valence-electron chi connectivity index (χ1n) is 8.34. The monoisotopic (exact) mass is 393 g/mol. The molecule has 0 radical (unpaired) electrons. The fourth-order valence-electron chi connectivity index (χ4n) is 2.96.